The van der Waals surface area contributed by atoms with Gasteiger partial charge in [0.25, 0.3) is 0 Å². The highest BCUT2D eigenvalue weighted by Crippen LogP contribution is 2.22. The van der Waals surface area contributed by atoms with Crippen LogP contribution in [0, 0.1) is 6.92 Å². The lowest BCUT2D eigenvalue weighted by Gasteiger charge is -2.01. The molecule has 0 saturated carbocycles. The summed E-state index contributed by atoms with van der Waals surface area (Å²) >= 11 is 1.43. The van der Waals surface area contributed by atoms with Crippen LogP contribution in [0.2, 0.25) is 0 Å². The molecule has 0 radical (unpaired) electrons. The zero-order chi connectivity index (χ0) is 10.8. The molecule has 0 bridgehead atoms. The fourth-order valence-corrected chi connectivity index (χ4v) is 1.56. The number of aryl methyl sites for hydroxylation is 1. The lowest BCUT2D eigenvalue weighted by Crippen LogP contribution is -2.01. The predicted molar refractivity (Wildman–Crippen MR) is 58.5 cm³/mol. The van der Waals surface area contributed by atoms with Gasteiger partial charge in [-0.1, -0.05) is 11.8 Å². The molecule has 0 spiro atoms. The Morgan fingerprint density at radius 3 is 2.73 bits per heavy atom. The maximum Gasteiger partial charge on any atom is 0.224 e. The van der Waals surface area contributed by atoms with Crippen molar-refractivity contribution >= 4 is 17.7 Å². The summed E-state index contributed by atoms with van der Waals surface area (Å²) in [6.07, 6.45) is 3.49. The van der Waals surface area contributed by atoms with Gasteiger partial charge in [-0.15, -0.1) is 0 Å². The van der Waals surface area contributed by atoms with Crippen molar-refractivity contribution in [2.24, 2.45) is 0 Å². The molecule has 6 heteroatoms. The average Bonchev–Trinajstić information content (AvgIpc) is 2.63. The van der Waals surface area contributed by atoms with Crippen molar-refractivity contribution in [1.82, 2.24) is 15.0 Å². The van der Waals surface area contributed by atoms with Crippen molar-refractivity contribution in [2.45, 2.75) is 12.1 Å². The molecule has 5 nitrogen and oxygen atoms in total. The second kappa shape index (κ2) is 3.90. The highest BCUT2D eigenvalue weighted by Gasteiger charge is 2.10. The topological polar surface area (TPSA) is 77.8 Å². The summed E-state index contributed by atoms with van der Waals surface area (Å²) in [5.41, 5.74) is 6.43. The first-order chi connectivity index (χ1) is 7.20. The smallest absolute Gasteiger partial charge is 0.224 e. The number of anilines is 1. The Morgan fingerprint density at radius 2 is 2.13 bits per heavy atom. The van der Waals surface area contributed by atoms with Gasteiger partial charge in [0.15, 0.2) is 11.0 Å². The number of furan rings is 1. The summed E-state index contributed by atoms with van der Waals surface area (Å²) in [5.74, 6) is 1.55. The van der Waals surface area contributed by atoms with Crippen molar-refractivity contribution in [3.05, 3.63) is 18.1 Å². The van der Waals surface area contributed by atoms with Gasteiger partial charge in [-0.3, -0.25) is 0 Å². The molecule has 0 aliphatic carbocycles. The molecule has 0 aromatic carbocycles. The minimum atomic E-state index is 0.227. The van der Waals surface area contributed by atoms with Crippen LogP contribution in [0.3, 0.4) is 0 Å². The molecular formula is C9H10N4OS. The largest absolute Gasteiger partial charge is 0.469 e. The Balaban J connectivity index is 2.53. The summed E-state index contributed by atoms with van der Waals surface area (Å²) in [7, 11) is 0. The fourth-order valence-electron chi connectivity index (χ4n) is 1.20. The Morgan fingerprint density at radius 1 is 1.33 bits per heavy atom. The van der Waals surface area contributed by atoms with Crippen LogP contribution in [0.5, 0.6) is 0 Å². The average molecular weight is 222 g/mol. The number of nitrogen functional groups attached to an aromatic ring is 1. The van der Waals surface area contributed by atoms with Crippen molar-refractivity contribution in [1.29, 1.82) is 0 Å². The molecule has 2 N–H and O–H groups in total. The SMILES string of the molecule is CSc1nc(N)nc(-c2ccoc2C)n1. The Kier molecular flexibility index (Phi) is 2.59. The van der Waals surface area contributed by atoms with E-state index in [-0.39, 0.29) is 5.95 Å². The molecule has 2 aromatic heterocycles. The summed E-state index contributed by atoms with van der Waals surface area (Å²) in [4.78, 5) is 12.3. The summed E-state index contributed by atoms with van der Waals surface area (Å²) in [6, 6.07) is 1.81. The monoisotopic (exact) mass is 222 g/mol. The molecule has 15 heavy (non-hydrogen) atoms. The standard InChI is InChI=1S/C9H10N4OS/c1-5-6(3-4-14-5)7-11-8(10)13-9(12-7)15-2/h3-4H,1-2H3,(H2,10,11,12,13). The normalized spacial score (nSPS) is 10.5. The maximum absolute atomic E-state index is 5.58. The first-order valence-electron chi connectivity index (χ1n) is 4.30. The van der Waals surface area contributed by atoms with Gasteiger partial charge < -0.3 is 10.2 Å². The molecule has 0 atom stereocenters. The second-order valence-electron chi connectivity index (χ2n) is 2.89. The van der Waals surface area contributed by atoms with Crippen LogP contribution in [-0.4, -0.2) is 21.2 Å². The van der Waals surface area contributed by atoms with Crippen LogP contribution in [0.15, 0.2) is 21.9 Å². The third-order valence-electron chi connectivity index (χ3n) is 1.91. The minimum absolute atomic E-state index is 0.227. The van der Waals surface area contributed by atoms with E-state index < -0.39 is 0 Å². The lowest BCUT2D eigenvalue weighted by molar-refractivity contribution is 0.535. The first-order valence-corrected chi connectivity index (χ1v) is 5.53. The summed E-state index contributed by atoms with van der Waals surface area (Å²) in [6.45, 7) is 1.86. The highest BCUT2D eigenvalue weighted by molar-refractivity contribution is 7.98. The van der Waals surface area contributed by atoms with Crippen molar-refractivity contribution in [3.8, 4) is 11.4 Å². The molecule has 0 aliphatic heterocycles. The zero-order valence-corrected chi connectivity index (χ0v) is 9.21. The molecule has 2 aromatic rings. The molecule has 0 unspecified atom stereocenters. The van der Waals surface area contributed by atoms with Gasteiger partial charge in [0.2, 0.25) is 5.95 Å². The quantitative estimate of drug-likeness (QED) is 0.780. The third kappa shape index (κ3) is 1.94. The molecule has 0 fully saturated rings. The number of nitrogens with two attached hydrogens (primary N) is 1. The van der Waals surface area contributed by atoms with Gasteiger partial charge in [-0.05, 0) is 19.2 Å². The van der Waals surface area contributed by atoms with Gasteiger partial charge in [-0.2, -0.15) is 9.97 Å². The van der Waals surface area contributed by atoms with Crippen LogP contribution in [-0.2, 0) is 0 Å². The van der Waals surface area contributed by atoms with Gasteiger partial charge in [0.05, 0.1) is 11.8 Å². The highest BCUT2D eigenvalue weighted by atomic mass is 32.2. The number of hydrogen-bond donors (Lipinski definition) is 1. The number of thioether (sulfide) groups is 1. The summed E-state index contributed by atoms with van der Waals surface area (Å²) in [5, 5.41) is 0.609. The second-order valence-corrected chi connectivity index (χ2v) is 3.67. The maximum atomic E-state index is 5.58. The van der Waals surface area contributed by atoms with E-state index in [0.717, 1.165) is 11.3 Å². The van der Waals surface area contributed by atoms with E-state index >= 15 is 0 Å². The van der Waals surface area contributed by atoms with Gasteiger partial charge in [-0.25, -0.2) is 4.98 Å². The van der Waals surface area contributed by atoms with Crippen LogP contribution in [0.1, 0.15) is 5.76 Å². The molecule has 2 heterocycles. The number of rotatable bonds is 2. The number of nitrogens with zero attached hydrogens (tertiary/aromatic N) is 3. The van der Waals surface area contributed by atoms with E-state index in [2.05, 4.69) is 15.0 Å². The van der Waals surface area contributed by atoms with E-state index in [4.69, 9.17) is 10.2 Å². The van der Waals surface area contributed by atoms with Crippen LogP contribution in [0.25, 0.3) is 11.4 Å². The van der Waals surface area contributed by atoms with Crippen molar-refractivity contribution in [2.75, 3.05) is 12.0 Å². The summed E-state index contributed by atoms with van der Waals surface area (Å²) < 4.78 is 5.18. The minimum Gasteiger partial charge on any atom is -0.469 e. The van der Waals surface area contributed by atoms with Crippen molar-refractivity contribution in [3.63, 3.8) is 0 Å². The number of aromatic nitrogens is 3. The molecule has 0 saturated heterocycles. The third-order valence-corrected chi connectivity index (χ3v) is 2.46. The predicted octanol–water partition coefficient (Wildman–Crippen LogP) is 1.74. The number of hydrogen-bond acceptors (Lipinski definition) is 6. The molecule has 0 amide bonds. The van der Waals surface area contributed by atoms with Crippen molar-refractivity contribution < 1.29 is 4.42 Å². The lowest BCUT2D eigenvalue weighted by atomic mass is 10.2. The van der Waals surface area contributed by atoms with E-state index in [1.807, 2.05) is 19.2 Å². The molecule has 78 valence electrons. The zero-order valence-electron chi connectivity index (χ0n) is 8.39. The van der Waals surface area contributed by atoms with Gasteiger partial charge >= 0.3 is 0 Å². The van der Waals surface area contributed by atoms with Crippen LogP contribution >= 0.6 is 11.8 Å². The van der Waals surface area contributed by atoms with E-state index in [1.54, 1.807) is 6.26 Å². The van der Waals surface area contributed by atoms with E-state index in [9.17, 15) is 0 Å². The Labute approximate surface area is 91.1 Å². The molecular weight excluding hydrogens is 212 g/mol. The first kappa shape index (κ1) is 9.97. The molecule has 0 aliphatic rings. The van der Waals surface area contributed by atoms with E-state index in [0.29, 0.717) is 11.0 Å². The van der Waals surface area contributed by atoms with E-state index in [1.165, 1.54) is 11.8 Å². The molecule has 2 rings (SSSR count). The van der Waals surface area contributed by atoms with Gasteiger partial charge in [0.1, 0.15) is 5.76 Å². The Bertz CT molecular complexity index is 483. The van der Waals surface area contributed by atoms with Crippen LogP contribution < -0.4 is 5.73 Å². The fraction of sp³-hybridized carbons (Fsp3) is 0.222. The van der Waals surface area contributed by atoms with Gasteiger partial charge in [0, 0.05) is 0 Å². The Hall–Kier alpha value is -1.56. The van der Waals surface area contributed by atoms with Crippen LogP contribution in [0.4, 0.5) is 5.95 Å².